The van der Waals surface area contributed by atoms with E-state index in [-0.39, 0.29) is 29.6 Å². The molecule has 0 fully saturated rings. The van der Waals surface area contributed by atoms with Gasteiger partial charge in [0.2, 0.25) is 0 Å². The largest absolute Gasteiger partial charge is 1.00 e. The molecule has 0 aliphatic heterocycles. The van der Waals surface area contributed by atoms with Crippen molar-refractivity contribution in [3.63, 3.8) is 0 Å². The van der Waals surface area contributed by atoms with Gasteiger partial charge in [0.25, 0.3) is 0 Å². The summed E-state index contributed by atoms with van der Waals surface area (Å²) in [5.41, 5.74) is 0. The minimum absolute atomic E-state index is 0. The topological polar surface area (TPSA) is 109 Å². The molecule has 4 N–H and O–H groups in total. The molecule has 0 radical (unpaired) electrons. The summed E-state index contributed by atoms with van der Waals surface area (Å²) in [6.45, 7) is 9.00. The quantitative estimate of drug-likeness (QED) is 0.0644. The first-order valence-electron chi connectivity index (χ1n) is 7.02. The van der Waals surface area contributed by atoms with Crippen molar-refractivity contribution < 1.29 is 44.6 Å². The van der Waals surface area contributed by atoms with Crippen LogP contribution in [0.3, 0.4) is 0 Å². The van der Waals surface area contributed by atoms with Crippen LogP contribution in [0.15, 0.2) is 29.8 Å². The first-order chi connectivity index (χ1) is 10.2. The van der Waals surface area contributed by atoms with Crippen LogP contribution >= 0.6 is 0 Å². The van der Waals surface area contributed by atoms with E-state index in [9.17, 15) is 9.90 Å². The van der Waals surface area contributed by atoms with E-state index in [2.05, 4.69) is 27.5 Å². The van der Waals surface area contributed by atoms with Gasteiger partial charge in [-0.1, -0.05) is 6.08 Å². The number of nitrogens with one attached hydrogen (secondary N) is 3. The number of rotatable bonds is 14. The summed E-state index contributed by atoms with van der Waals surface area (Å²) in [7, 11) is 0. The third-order valence-electron chi connectivity index (χ3n) is 2.41. The van der Waals surface area contributed by atoms with E-state index in [1.807, 2.05) is 6.08 Å². The van der Waals surface area contributed by atoms with E-state index in [0.29, 0.717) is 13.1 Å². The summed E-state index contributed by atoms with van der Waals surface area (Å²) in [5, 5.41) is 29.1. The first kappa shape index (κ1) is 23.6. The van der Waals surface area contributed by atoms with Crippen LogP contribution in [0.2, 0.25) is 0 Å². The van der Waals surface area contributed by atoms with Crippen LogP contribution < -0.4 is 50.6 Å². The van der Waals surface area contributed by atoms with Gasteiger partial charge in [-0.2, -0.15) is 0 Å². The number of carboxylic acids is 1. The standard InChI is InChI=1S/C14H26N4O3.Na/c1-2-3-6-15-7-8-16-9-10-17-11-12-18-13(19)4-5-14(20)21;/h2,4-5,15-17H,1,3,6-12H2,(H,18,19)(H,20,21);/q;+1/p-1/b5-4+;. The fourth-order valence-electron chi connectivity index (χ4n) is 1.37. The Morgan fingerprint density at radius 3 is 2.14 bits per heavy atom. The molecule has 0 heterocycles. The maximum absolute atomic E-state index is 11.1. The van der Waals surface area contributed by atoms with Crippen molar-refractivity contribution in [3.05, 3.63) is 24.8 Å². The Labute approximate surface area is 154 Å². The fraction of sp³-hybridized carbons (Fsp3) is 0.571. The van der Waals surface area contributed by atoms with Crippen LogP contribution in [0.5, 0.6) is 0 Å². The van der Waals surface area contributed by atoms with Crippen molar-refractivity contribution >= 4 is 11.9 Å². The third-order valence-corrected chi connectivity index (χ3v) is 2.41. The Morgan fingerprint density at radius 1 is 1.05 bits per heavy atom. The van der Waals surface area contributed by atoms with Crippen molar-refractivity contribution in [2.24, 2.45) is 4.99 Å². The first-order valence-corrected chi connectivity index (χ1v) is 7.02. The zero-order chi connectivity index (χ0) is 15.8. The van der Waals surface area contributed by atoms with E-state index < -0.39 is 11.9 Å². The molecule has 0 saturated heterocycles. The monoisotopic (exact) mass is 320 g/mol. The molecular formula is C14H25N4NaO3. The van der Waals surface area contributed by atoms with Gasteiger partial charge in [-0.05, 0) is 24.9 Å². The SMILES string of the molecule is C=CCCNCCNCCNCCN=C([O-])/C=C/C(=O)O.[Na+]. The molecule has 22 heavy (non-hydrogen) atoms. The normalized spacial score (nSPS) is 11.4. The molecule has 0 amide bonds. The van der Waals surface area contributed by atoms with Gasteiger partial charge < -0.3 is 26.2 Å². The number of aliphatic imine (C=N–C) groups is 1. The van der Waals surface area contributed by atoms with Gasteiger partial charge in [-0.25, -0.2) is 4.79 Å². The molecule has 8 heteroatoms. The average Bonchev–Trinajstić information content (AvgIpc) is 2.46. The predicted molar refractivity (Wildman–Crippen MR) is 82.5 cm³/mol. The minimum Gasteiger partial charge on any atom is -0.859 e. The summed E-state index contributed by atoms with van der Waals surface area (Å²) in [6, 6.07) is 0. The summed E-state index contributed by atoms with van der Waals surface area (Å²) in [4.78, 5) is 13.9. The number of hydrogen-bond donors (Lipinski definition) is 4. The summed E-state index contributed by atoms with van der Waals surface area (Å²) in [6.07, 6.45) is 4.60. The van der Waals surface area contributed by atoms with E-state index >= 15 is 0 Å². The summed E-state index contributed by atoms with van der Waals surface area (Å²) < 4.78 is 0. The molecule has 0 rings (SSSR count). The predicted octanol–water partition coefficient (Wildman–Crippen LogP) is -4.27. The number of carboxylic acid groups (broad SMARTS) is 1. The van der Waals surface area contributed by atoms with E-state index in [0.717, 1.165) is 51.3 Å². The maximum atomic E-state index is 11.1. The van der Waals surface area contributed by atoms with Gasteiger partial charge in [0.05, 0.1) is 6.54 Å². The second-order valence-corrected chi connectivity index (χ2v) is 4.22. The van der Waals surface area contributed by atoms with E-state index in [1.165, 1.54) is 0 Å². The molecule has 0 aromatic rings. The number of carbonyl (C=O) groups is 1. The fourth-order valence-corrected chi connectivity index (χ4v) is 1.37. The zero-order valence-corrected chi connectivity index (χ0v) is 15.3. The van der Waals surface area contributed by atoms with Crippen molar-refractivity contribution in [2.45, 2.75) is 6.42 Å². The Bertz CT molecular complexity index is 349. The van der Waals surface area contributed by atoms with Crippen LogP contribution in [0.25, 0.3) is 0 Å². The van der Waals surface area contributed by atoms with E-state index in [1.54, 1.807) is 0 Å². The van der Waals surface area contributed by atoms with Crippen molar-refractivity contribution in [2.75, 3.05) is 45.8 Å². The average molecular weight is 320 g/mol. The van der Waals surface area contributed by atoms with Crippen LogP contribution in [0.1, 0.15) is 6.42 Å². The molecule has 0 spiro atoms. The van der Waals surface area contributed by atoms with Gasteiger partial charge in [-0.3, -0.25) is 4.99 Å². The molecule has 0 aromatic carbocycles. The molecule has 0 aliphatic rings. The summed E-state index contributed by atoms with van der Waals surface area (Å²) >= 11 is 0. The molecule has 0 aliphatic carbocycles. The van der Waals surface area contributed by atoms with E-state index in [4.69, 9.17) is 5.11 Å². The van der Waals surface area contributed by atoms with Crippen molar-refractivity contribution in [3.8, 4) is 0 Å². The van der Waals surface area contributed by atoms with Crippen LogP contribution in [-0.2, 0) is 4.79 Å². The third kappa shape index (κ3) is 19.3. The smallest absolute Gasteiger partial charge is 0.859 e. The van der Waals surface area contributed by atoms with Gasteiger partial charge in [-0.15, -0.1) is 6.58 Å². The van der Waals surface area contributed by atoms with Crippen molar-refractivity contribution in [1.82, 2.24) is 16.0 Å². The minimum atomic E-state index is -1.15. The molecule has 0 unspecified atom stereocenters. The van der Waals surface area contributed by atoms with Crippen molar-refractivity contribution in [1.29, 1.82) is 0 Å². The van der Waals surface area contributed by atoms with Crippen LogP contribution in [0, 0.1) is 0 Å². The molecule has 120 valence electrons. The molecule has 0 aromatic heterocycles. The Balaban J connectivity index is 0. The molecule has 0 bridgehead atoms. The number of nitrogens with zero attached hydrogens (tertiary/aromatic N) is 1. The summed E-state index contributed by atoms with van der Waals surface area (Å²) in [5.74, 6) is -1.68. The van der Waals surface area contributed by atoms with Gasteiger partial charge in [0, 0.05) is 38.8 Å². The molecule has 0 atom stereocenters. The number of hydrogen-bond acceptors (Lipinski definition) is 6. The van der Waals surface area contributed by atoms with Crippen LogP contribution in [-0.4, -0.2) is 62.8 Å². The van der Waals surface area contributed by atoms with Gasteiger partial charge in [0.15, 0.2) is 0 Å². The second-order valence-electron chi connectivity index (χ2n) is 4.22. The molecule has 0 saturated carbocycles. The Kier molecular flexibility index (Phi) is 19.7. The Morgan fingerprint density at radius 2 is 1.59 bits per heavy atom. The zero-order valence-electron chi connectivity index (χ0n) is 13.3. The van der Waals surface area contributed by atoms with Crippen LogP contribution in [0.4, 0.5) is 0 Å². The van der Waals surface area contributed by atoms with Gasteiger partial charge in [0.1, 0.15) is 0 Å². The molecule has 7 nitrogen and oxygen atoms in total. The Hall–Kier alpha value is -0.700. The van der Waals surface area contributed by atoms with Gasteiger partial charge >= 0.3 is 35.5 Å². The molecular weight excluding hydrogens is 295 g/mol. The maximum Gasteiger partial charge on any atom is 1.00 e. The number of aliphatic carboxylic acids is 1. The second kappa shape index (κ2) is 18.3.